The van der Waals surface area contributed by atoms with Gasteiger partial charge in [-0.1, -0.05) is 36.4 Å². The number of aryl methyl sites for hydroxylation is 1. The summed E-state index contributed by atoms with van der Waals surface area (Å²) in [5, 5.41) is 10.4. The first-order valence-electron chi connectivity index (χ1n) is 8.66. The average molecular weight is 356 g/mol. The highest BCUT2D eigenvalue weighted by Gasteiger charge is 2.14. The molecule has 0 bridgehead atoms. The standard InChI is InChI=1S/C21H16N4O2/c1-13-9-10-14-5-4-8-18(20(14)23-13)26-12-19-24-25-21(27-19)16-11-22-17-7-3-2-6-15(16)17/h2-11,22H,12H2,1H3. The van der Waals surface area contributed by atoms with Crippen LogP contribution < -0.4 is 4.74 Å². The Morgan fingerprint density at radius 1 is 1.00 bits per heavy atom. The summed E-state index contributed by atoms with van der Waals surface area (Å²) in [7, 11) is 0. The maximum atomic E-state index is 5.91. The zero-order valence-electron chi connectivity index (χ0n) is 14.6. The molecule has 0 aliphatic heterocycles. The van der Waals surface area contributed by atoms with Crippen LogP contribution in [0.15, 0.2) is 65.2 Å². The summed E-state index contributed by atoms with van der Waals surface area (Å²) in [4.78, 5) is 7.78. The minimum absolute atomic E-state index is 0.185. The van der Waals surface area contributed by atoms with E-state index < -0.39 is 0 Å². The minimum Gasteiger partial charge on any atom is -0.482 e. The molecular formula is C21H16N4O2. The van der Waals surface area contributed by atoms with Crippen LogP contribution in [-0.4, -0.2) is 20.2 Å². The fraction of sp³-hybridized carbons (Fsp3) is 0.0952. The molecule has 0 saturated carbocycles. The zero-order chi connectivity index (χ0) is 18.2. The highest BCUT2D eigenvalue weighted by atomic mass is 16.5. The molecule has 0 radical (unpaired) electrons. The van der Waals surface area contributed by atoms with Crippen LogP contribution in [0.5, 0.6) is 5.75 Å². The second-order valence-corrected chi connectivity index (χ2v) is 6.32. The molecule has 6 heteroatoms. The number of nitrogens with zero attached hydrogens (tertiary/aromatic N) is 3. The fourth-order valence-corrected chi connectivity index (χ4v) is 3.14. The molecule has 0 spiro atoms. The SMILES string of the molecule is Cc1ccc2cccc(OCc3nnc(-c4c[nH]c5ccccc45)o3)c2n1. The number of aromatic nitrogens is 4. The second-order valence-electron chi connectivity index (χ2n) is 6.32. The number of rotatable bonds is 4. The summed E-state index contributed by atoms with van der Waals surface area (Å²) >= 11 is 0. The van der Waals surface area contributed by atoms with Crippen LogP contribution in [0.2, 0.25) is 0 Å². The van der Waals surface area contributed by atoms with Gasteiger partial charge in [0.1, 0.15) is 11.3 Å². The Bertz CT molecular complexity index is 1260. The number of benzene rings is 2. The molecular weight excluding hydrogens is 340 g/mol. The van der Waals surface area contributed by atoms with Crippen LogP contribution >= 0.6 is 0 Å². The van der Waals surface area contributed by atoms with Crippen LogP contribution in [0.1, 0.15) is 11.6 Å². The van der Waals surface area contributed by atoms with E-state index in [0.717, 1.165) is 33.1 Å². The van der Waals surface area contributed by atoms with E-state index in [1.165, 1.54) is 0 Å². The largest absolute Gasteiger partial charge is 0.482 e. The number of hydrogen-bond acceptors (Lipinski definition) is 5. The lowest BCUT2D eigenvalue weighted by atomic mass is 10.2. The van der Waals surface area contributed by atoms with Gasteiger partial charge in [-0.15, -0.1) is 10.2 Å². The van der Waals surface area contributed by atoms with Crippen molar-refractivity contribution in [2.45, 2.75) is 13.5 Å². The molecule has 0 unspecified atom stereocenters. The van der Waals surface area contributed by atoms with Gasteiger partial charge in [-0.05, 0) is 25.1 Å². The molecule has 5 rings (SSSR count). The van der Waals surface area contributed by atoms with Crippen LogP contribution in [-0.2, 0) is 6.61 Å². The van der Waals surface area contributed by atoms with Crippen LogP contribution in [0, 0.1) is 6.92 Å². The first kappa shape index (κ1) is 15.6. The van der Waals surface area contributed by atoms with Gasteiger partial charge < -0.3 is 14.1 Å². The van der Waals surface area contributed by atoms with Crippen molar-refractivity contribution in [1.29, 1.82) is 0 Å². The summed E-state index contributed by atoms with van der Waals surface area (Å²) in [6.45, 7) is 2.14. The normalized spacial score (nSPS) is 11.3. The van der Waals surface area contributed by atoms with E-state index in [-0.39, 0.29) is 6.61 Å². The third-order valence-corrected chi connectivity index (χ3v) is 4.46. The van der Waals surface area contributed by atoms with E-state index in [4.69, 9.17) is 9.15 Å². The third-order valence-electron chi connectivity index (χ3n) is 4.46. The minimum atomic E-state index is 0.185. The molecule has 0 saturated heterocycles. The van der Waals surface area contributed by atoms with E-state index in [1.807, 2.05) is 67.7 Å². The number of nitrogens with one attached hydrogen (secondary N) is 1. The van der Waals surface area contributed by atoms with Crippen molar-refractivity contribution in [3.05, 3.63) is 72.4 Å². The Balaban J connectivity index is 1.41. The molecule has 6 nitrogen and oxygen atoms in total. The zero-order valence-corrected chi connectivity index (χ0v) is 14.6. The number of H-pyrrole nitrogens is 1. The Morgan fingerprint density at radius 3 is 2.89 bits per heavy atom. The average Bonchev–Trinajstić information content (AvgIpc) is 3.33. The summed E-state index contributed by atoms with van der Waals surface area (Å²) in [6.07, 6.45) is 1.88. The Morgan fingerprint density at radius 2 is 1.93 bits per heavy atom. The molecule has 0 amide bonds. The lowest BCUT2D eigenvalue weighted by molar-refractivity contribution is 0.267. The molecule has 0 aliphatic carbocycles. The molecule has 1 N–H and O–H groups in total. The number of ether oxygens (including phenoxy) is 1. The first-order chi connectivity index (χ1) is 13.3. The summed E-state index contributed by atoms with van der Waals surface area (Å²) in [5.74, 6) is 1.58. The van der Waals surface area contributed by atoms with Crippen molar-refractivity contribution in [2.24, 2.45) is 0 Å². The second kappa shape index (κ2) is 6.25. The van der Waals surface area contributed by atoms with Crippen molar-refractivity contribution in [2.75, 3.05) is 0 Å². The van der Waals surface area contributed by atoms with E-state index in [1.54, 1.807) is 0 Å². The topological polar surface area (TPSA) is 76.8 Å². The van der Waals surface area contributed by atoms with E-state index in [2.05, 4.69) is 20.2 Å². The van der Waals surface area contributed by atoms with Gasteiger partial charge >= 0.3 is 0 Å². The van der Waals surface area contributed by atoms with Gasteiger partial charge in [0.15, 0.2) is 6.61 Å². The van der Waals surface area contributed by atoms with Crippen molar-refractivity contribution in [3.63, 3.8) is 0 Å². The Kier molecular flexibility index (Phi) is 3.60. The van der Waals surface area contributed by atoms with Gasteiger partial charge in [0.25, 0.3) is 5.89 Å². The van der Waals surface area contributed by atoms with Crippen LogP contribution in [0.4, 0.5) is 0 Å². The fourth-order valence-electron chi connectivity index (χ4n) is 3.14. The molecule has 132 valence electrons. The Labute approximate surface area is 154 Å². The highest BCUT2D eigenvalue weighted by molar-refractivity contribution is 5.93. The molecule has 3 heterocycles. The van der Waals surface area contributed by atoms with Crippen molar-refractivity contribution >= 4 is 21.8 Å². The third kappa shape index (κ3) is 2.81. The van der Waals surface area contributed by atoms with E-state index in [0.29, 0.717) is 17.5 Å². The van der Waals surface area contributed by atoms with Gasteiger partial charge in [0.2, 0.25) is 5.89 Å². The summed E-state index contributed by atoms with van der Waals surface area (Å²) < 4.78 is 11.7. The number of hydrogen-bond donors (Lipinski definition) is 1. The van der Waals surface area contributed by atoms with Crippen molar-refractivity contribution < 1.29 is 9.15 Å². The maximum Gasteiger partial charge on any atom is 0.254 e. The first-order valence-corrected chi connectivity index (χ1v) is 8.66. The van der Waals surface area contributed by atoms with E-state index >= 15 is 0 Å². The molecule has 0 fully saturated rings. The number of fused-ring (bicyclic) bond motifs is 2. The highest BCUT2D eigenvalue weighted by Crippen LogP contribution is 2.28. The van der Waals surface area contributed by atoms with Crippen LogP contribution in [0.3, 0.4) is 0 Å². The van der Waals surface area contributed by atoms with Gasteiger partial charge in [-0.25, -0.2) is 4.98 Å². The lowest BCUT2D eigenvalue weighted by Crippen LogP contribution is -1.97. The van der Waals surface area contributed by atoms with E-state index in [9.17, 15) is 0 Å². The van der Waals surface area contributed by atoms with Gasteiger partial charge in [0.05, 0.1) is 5.56 Å². The van der Waals surface area contributed by atoms with Crippen molar-refractivity contribution in [1.82, 2.24) is 20.2 Å². The predicted molar refractivity (Wildman–Crippen MR) is 102 cm³/mol. The summed E-state index contributed by atoms with van der Waals surface area (Å²) in [5.41, 5.74) is 3.68. The maximum absolute atomic E-state index is 5.91. The van der Waals surface area contributed by atoms with Gasteiger partial charge in [-0.3, -0.25) is 0 Å². The van der Waals surface area contributed by atoms with Crippen LogP contribution in [0.25, 0.3) is 33.3 Å². The summed E-state index contributed by atoms with van der Waals surface area (Å²) in [6, 6.07) is 17.9. The number of pyridine rings is 1. The quantitative estimate of drug-likeness (QED) is 0.507. The smallest absolute Gasteiger partial charge is 0.254 e. The van der Waals surface area contributed by atoms with Gasteiger partial charge in [-0.2, -0.15) is 0 Å². The van der Waals surface area contributed by atoms with Crippen molar-refractivity contribution in [3.8, 4) is 17.2 Å². The lowest BCUT2D eigenvalue weighted by Gasteiger charge is -2.07. The monoisotopic (exact) mass is 356 g/mol. The molecule has 27 heavy (non-hydrogen) atoms. The Hall–Kier alpha value is -3.67. The number of aromatic amines is 1. The molecule has 3 aromatic heterocycles. The number of para-hydroxylation sites is 2. The molecule has 5 aromatic rings. The predicted octanol–water partition coefficient (Wildman–Crippen LogP) is 4.65. The van der Waals surface area contributed by atoms with Gasteiger partial charge in [0, 0.05) is 28.2 Å². The molecule has 0 atom stereocenters. The molecule has 0 aliphatic rings. The molecule has 2 aromatic carbocycles.